The lowest BCUT2D eigenvalue weighted by Crippen LogP contribution is -2.62. The Morgan fingerprint density at radius 3 is 1.09 bits per heavy atom. The molecule has 35 nitrogen and oxygen atoms in total. The maximum Gasteiger partial charge on any atom is 0.389 e. The van der Waals surface area contributed by atoms with Crippen molar-refractivity contribution in [2.45, 2.75) is 315 Å². The topological polar surface area (TPSA) is 483 Å². The molecular weight excluding hydrogens is 1790 g/mol. The van der Waals surface area contributed by atoms with Crippen molar-refractivity contribution >= 4 is 106 Å². The number of amides is 15. The molecule has 38 heteroatoms. The average Bonchev–Trinajstić information content (AvgIpc) is 1.53. The Balaban J connectivity index is 0.000000254. The van der Waals surface area contributed by atoms with Gasteiger partial charge in [0.2, 0.25) is 64.5 Å². The van der Waals surface area contributed by atoms with Crippen LogP contribution in [-0.4, -0.2) is 251 Å². The van der Waals surface area contributed by atoms with E-state index in [1.165, 1.54) is 34.0 Å². The number of Topliss-reactive ketones (excluding diaryl/α,β-unsaturated/α-hetero) is 6. The van der Waals surface area contributed by atoms with Gasteiger partial charge in [-0.15, -0.1) is 13.2 Å². The number of urea groups is 3. The van der Waals surface area contributed by atoms with E-state index in [2.05, 4.69) is 95.8 Å². The summed E-state index contributed by atoms with van der Waals surface area (Å²) in [5.74, 6) is -9.80. The fraction of sp³-hybridized carbons (Fsp3) is 0.730. The normalized spacial score (nSPS) is 23.5. The number of fused-ring (bicyclic) bond motifs is 3. The molecule has 15 amide bonds. The zero-order chi connectivity index (χ0) is 104. The van der Waals surface area contributed by atoms with Crippen molar-refractivity contribution in [1.29, 1.82) is 0 Å². The van der Waals surface area contributed by atoms with Gasteiger partial charge in [0.15, 0.2) is 11.6 Å². The molecule has 1 aromatic heterocycles. The van der Waals surface area contributed by atoms with Gasteiger partial charge in [0, 0.05) is 63.6 Å². The summed E-state index contributed by atoms with van der Waals surface area (Å²) in [4.78, 5) is 248. The number of carbonyl (C=O) groups excluding carboxylic acids is 18. The molecule has 10 rings (SSSR count). The lowest BCUT2D eigenvalue weighted by atomic mass is 9.85. The highest BCUT2D eigenvalue weighted by molar-refractivity contribution is 6.39. The molecule has 768 valence electrons. The van der Waals surface area contributed by atoms with Crippen molar-refractivity contribution < 1.29 is 104 Å². The Hall–Kier alpha value is -10.7. The molecule has 3 aliphatic heterocycles. The molecule has 4 heterocycles. The van der Waals surface area contributed by atoms with Crippen LogP contribution in [0.2, 0.25) is 0 Å². The number of hydrogen-bond acceptors (Lipinski definition) is 20. The predicted molar refractivity (Wildman–Crippen MR) is 508 cm³/mol. The summed E-state index contributed by atoms with van der Waals surface area (Å²) in [5.41, 5.74) is -2.96. The number of nitrogens with zero attached hydrogens (tertiary/aromatic N) is 4. The lowest BCUT2D eigenvalue weighted by molar-refractivity contribution is -0.148. The first-order chi connectivity index (χ1) is 64.0. The molecule has 18 atom stereocenters. The first-order valence-corrected chi connectivity index (χ1v) is 48.9. The minimum Gasteiger partial charge on any atom is -0.481 e. The van der Waals surface area contributed by atoms with Gasteiger partial charge in [0.25, 0.3) is 17.7 Å². The minimum absolute atomic E-state index is 0.0147. The Morgan fingerprint density at radius 2 is 0.790 bits per heavy atom. The van der Waals surface area contributed by atoms with Gasteiger partial charge in [-0.05, 0) is 149 Å². The molecule has 0 spiro atoms. The Kier molecular flexibility index (Phi) is 36.9. The fourth-order valence-corrected chi connectivity index (χ4v) is 19.7. The average molecular weight is 1940 g/mol. The second-order valence-electron chi connectivity index (χ2n) is 45.0. The fourth-order valence-electron chi connectivity index (χ4n) is 19.7. The van der Waals surface area contributed by atoms with Crippen molar-refractivity contribution in [3.63, 3.8) is 0 Å². The van der Waals surface area contributed by atoms with E-state index in [1.54, 1.807) is 80.5 Å². The largest absolute Gasteiger partial charge is 0.481 e. The van der Waals surface area contributed by atoms with Gasteiger partial charge in [-0.3, -0.25) is 71.9 Å². The molecule has 138 heavy (non-hydrogen) atoms. The molecular formula is C100H153F3N16O19. The zero-order valence-corrected chi connectivity index (χ0v) is 85.1. The summed E-state index contributed by atoms with van der Waals surface area (Å²) < 4.78 is 44.6. The second kappa shape index (κ2) is 45.3. The molecule has 6 saturated carbocycles. The van der Waals surface area contributed by atoms with Crippen molar-refractivity contribution in [2.24, 2.45) is 104 Å². The highest BCUT2D eigenvalue weighted by Crippen LogP contribution is 2.67. The number of rotatable bonds is 43. The van der Waals surface area contributed by atoms with Gasteiger partial charge < -0.3 is 83.2 Å². The Morgan fingerprint density at radius 1 is 0.457 bits per heavy atom. The van der Waals surface area contributed by atoms with Crippen LogP contribution in [0.4, 0.5) is 27.6 Å². The monoisotopic (exact) mass is 1940 g/mol. The number of pyridine rings is 1. The summed E-state index contributed by atoms with van der Waals surface area (Å²) in [6, 6.07) is -9.42. The van der Waals surface area contributed by atoms with Crippen LogP contribution in [0.3, 0.4) is 0 Å². The number of methoxy groups -OCH3 is 1. The molecule has 9 aliphatic rings. The van der Waals surface area contributed by atoms with E-state index >= 15 is 0 Å². The number of hydrogen-bond donors (Lipinski definition) is 12. The molecule has 12 N–H and O–H groups in total. The summed E-state index contributed by atoms with van der Waals surface area (Å²) in [6.45, 7) is 51.0. The highest BCUT2D eigenvalue weighted by Gasteiger charge is 2.73. The number of halogens is 3. The van der Waals surface area contributed by atoms with E-state index in [-0.39, 0.29) is 149 Å². The zero-order valence-electron chi connectivity index (χ0n) is 85.1. The predicted octanol–water partition coefficient (Wildman–Crippen LogP) is 8.10. The number of carbonyl (C=O) groups is 18. The third-order valence-corrected chi connectivity index (χ3v) is 28.8. The first kappa shape index (κ1) is 113. The van der Waals surface area contributed by atoms with Gasteiger partial charge >= 0.3 is 24.3 Å². The van der Waals surface area contributed by atoms with E-state index < -0.39 is 196 Å². The van der Waals surface area contributed by atoms with E-state index in [9.17, 15) is 99.5 Å². The van der Waals surface area contributed by atoms with E-state index in [1.807, 2.05) is 83.1 Å². The maximum atomic E-state index is 14.3. The molecule has 9 fully saturated rings. The number of alkyl halides is 3. The van der Waals surface area contributed by atoms with Crippen LogP contribution in [0.1, 0.15) is 247 Å². The third-order valence-electron chi connectivity index (χ3n) is 28.8. The summed E-state index contributed by atoms with van der Waals surface area (Å²) in [6.07, 6.45) is 2.79. The highest BCUT2D eigenvalue weighted by atomic mass is 19.4. The van der Waals surface area contributed by atoms with Crippen molar-refractivity contribution in [1.82, 2.24) is 83.5 Å². The standard InChI is InChI=1S/C35H52N6O7.C33H51N5O6.C32H50F3N5O6/c1-11-14-21(28(43)31(45)36-17-12-2)38-30(44)26-24-20(35(24,8)9)18-41(26)32(46)29(34(5,6)7)40-33(47)39-25(19(3)4)27(42)22-15-13-16-23(37-22)48-10;1-9-14-34-29(42)26(40)21(15-18-10-11-18)35-28(41)24-22-20(33(22,7)8)16-38(24)30(43)27(32(4,5)6)37-31(44)36-23(17(2)3)25(39)19-12-13-19;1-9-14-36-27(44)24(42)19(12-13-32(33,34)35)37-26(43)22-20-18(31(20,7)8)15-40(22)28(45)25(30(4,5)6)39-29(46)38-21(16(2)3)23(41)17-10-11-17/h12-13,15-16,19-21,24-26,29H,2,11,14,17-18H2,1,3-10H3,(H,36,45)(H,38,44)(H2,39,40,47);9,17-24,27H,1,10-16H2,2-8H3,(H,34,42)(H,35,41)(H2,36,37,44);16-22,25H,9-15H2,1-8H3,(H,36,44)(H,37,43)(H2,38,39,46)/t20-,21?,24-,25-,26-,29+;20-,21?,22-,23-,24-,27+;18-,19?,20-,21-,22-,25+/m000/s1. The van der Waals surface area contributed by atoms with Gasteiger partial charge in [0.1, 0.15) is 41.9 Å². The summed E-state index contributed by atoms with van der Waals surface area (Å²) in [5, 5.41) is 31.9. The van der Waals surface area contributed by atoms with Crippen LogP contribution in [0.5, 0.6) is 5.88 Å². The quantitative estimate of drug-likeness (QED) is 0.0167. The number of piperidine rings is 3. The smallest absolute Gasteiger partial charge is 0.389 e. The lowest BCUT2D eigenvalue weighted by Gasteiger charge is -2.38. The molecule has 6 aliphatic carbocycles. The Bertz CT molecular complexity index is 4750. The van der Waals surface area contributed by atoms with Crippen LogP contribution in [0.15, 0.2) is 43.5 Å². The van der Waals surface area contributed by atoms with Crippen molar-refractivity contribution in [3.8, 4) is 5.88 Å². The number of ether oxygens (including phenoxy) is 1. The molecule has 1 aromatic rings. The van der Waals surface area contributed by atoms with Crippen molar-refractivity contribution in [2.75, 3.05) is 46.4 Å². The van der Waals surface area contributed by atoms with E-state index in [4.69, 9.17) is 4.74 Å². The molecule has 0 radical (unpaired) electrons. The number of ketones is 6. The summed E-state index contributed by atoms with van der Waals surface area (Å²) >= 11 is 0. The van der Waals surface area contributed by atoms with Gasteiger partial charge in [-0.2, -0.15) is 13.2 Å². The van der Waals surface area contributed by atoms with Crippen LogP contribution in [0, 0.1) is 104 Å². The van der Waals surface area contributed by atoms with Crippen molar-refractivity contribution in [3.05, 3.63) is 49.2 Å². The van der Waals surface area contributed by atoms with Gasteiger partial charge in [-0.1, -0.05) is 197 Å². The first-order valence-electron chi connectivity index (χ1n) is 48.9. The second-order valence-corrected chi connectivity index (χ2v) is 45.0. The van der Waals surface area contributed by atoms with Gasteiger partial charge in [0.05, 0.1) is 43.4 Å². The van der Waals surface area contributed by atoms with Gasteiger partial charge in [-0.25, -0.2) is 19.4 Å². The molecule has 0 aromatic carbocycles. The summed E-state index contributed by atoms with van der Waals surface area (Å²) in [7, 11) is 1.44. The number of aromatic nitrogens is 1. The molecule has 0 bridgehead atoms. The third kappa shape index (κ3) is 27.9. The number of likely N-dealkylation sites (tertiary alicyclic amines) is 3. The SMILES string of the molecule is C=CCNC(=O)C(=O)C(CC1CC1)NC(=O)[C@@H]1[C@@H]2[C@H](CN1C(=O)[C@@H](NC(=O)N[C@H](C(=O)C1CC1)C(C)C)C(C)(C)C)C2(C)C.C=CCNC(=O)C(=O)C(CCC)NC(=O)[C@@H]1[C@@H]2[C@H](CN1C(=O)[C@@H](NC(=O)N[C@H](C(=O)c1cccc(OC)n1)C(C)C)C(C)(C)C)C2(C)C.CCCNC(=O)C(=O)C(CCC(F)(F)F)NC(=O)[C@@H]1[C@@H]2[C@H](CN1C(=O)[C@@H](NC(=O)N[C@H](C(=O)C1CC1)C(C)C)C(C)(C)C)C2(C)C. The van der Waals surface area contributed by atoms with Crippen LogP contribution >= 0.6 is 0 Å². The van der Waals surface area contributed by atoms with E-state index in [0.29, 0.717) is 32.4 Å². The molecule has 3 unspecified atom stereocenters. The molecule has 3 saturated heterocycles. The minimum atomic E-state index is -4.63. The Labute approximate surface area is 809 Å². The maximum absolute atomic E-state index is 14.3. The van der Waals surface area contributed by atoms with Crippen LogP contribution < -0.4 is 68.5 Å². The van der Waals surface area contributed by atoms with Crippen LogP contribution in [-0.2, 0) is 67.1 Å². The number of nitrogens with one attached hydrogen (secondary N) is 12. The van der Waals surface area contributed by atoms with Crippen LogP contribution in [0.25, 0.3) is 0 Å². The van der Waals surface area contributed by atoms with E-state index in [0.717, 1.165) is 38.5 Å².